The number of benzene rings is 2. The summed E-state index contributed by atoms with van der Waals surface area (Å²) in [6.45, 7) is 4.45. The lowest BCUT2D eigenvalue weighted by molar-refractivity contribution is -0.0882. The number of carbonyl (C=O) groups is 2. The minimum atomic E-state index is -4.98. The van der Waals surface area contributed by atoms with Crippen LogP contribution in [0.1, 0.15) is 39.4 Å². The van der Waals surface area contributed by atoms with Crippen LogP contribution in [0.15, 0.2) is 59.7 Å². The van der Waals surface area contributed by atoms with Gasteiger partial charge in [0.15, 0.2) is 0 Å². The molecule has 2 aromatic carbocycles. The van der Waals surface area contributed by atoms with Crippen molar-refractivity contribution in [2.45, 2.75) is 26.1 Å². The van der Waals surface area contributed by atoms with Crippen molar-refractivity contribution in [2.24, 2.45) is 10.4 Å². The molecule has 0 radical (unpaired) electrons. The molecule has 1 aromatic heterocycles. The highest BCUT2D eigenvalue weighted by molar-refractivity contribution is 7.17. The third-order valence-electron chi connectivity index (χ3n) is 5.71. The Labute approximate surface area is 208 Å². The first-order valence-corrected chi connectivity index (χ1v) is 11.7. The zero-order valence-corrected chi connectivity index (χ0v) is 20.0. The van der Waals surface area contributed by atoms with E-state index < -0.39 is 22.3 Å². The van der Waals surface area contributed by atoms with Crippen molar-refractivity contribution in [1.29, 1.82) is 0 Å². The van der Waals surface area contributed by atoms with Gasteiger partial charge in [-0.1, -0.05) is 26.0 Å². The highest BCUT2D eigenvalue weighted by Gasteiger charge is 2.40. The van der Waals surface area contributed by atoms with Crippen molar-refractivity contribution in [1.82, 2.24) is 10.3 Å². The molecule has 0 spiro atoms. The Hall–Kier alpha value is -3.60. The van der Waals surface area contributed by atoms with Gasteiger partial charge < -0.3 is 10.1 Å². The van der Waals surface area contributed by atoms with Crippen LogP contribution in [-0.2, 0) is 4.74 Å². The van der Waals surface area contributed by atoms with E-state index in [4.69, 9.17) is 4.74 Å². The van der Waals surface area contributed by atoms with Crippen molar-refractivity contribution in [3.05, 3.63) is 76.5 Å². The molecule has 1 unspecified atom stereocenters. The zero-order valence-electron chi connectivity index (χ0n) is 19.2. The fourth-order valence-electron chi connectivity index (χ4n) is 3.50. The molecule has 0 saturated carbocycles. The summed E-state index contributed by atoms with van der Waals surface area (Å²) in [7, 11) is 0. The van der Waals surface area contributed by atoms with Gasteiger partial charge in [-0.25, -0.2) is 14.4 Å². The molecule has 0 saturated heterocycles. The van der Waals surface area contributed by atoms with Gasteiger partial charge >= 0.3 is 6.18 Å². The highest BCUT2D eigenvalue weighted by Crippen LogP contribution is 2.31. The predicted molar refractivity (Wildman–Crippen MR) is 127 cm³/mol. The fraction of sp³-hybridized carbons (Fsp3) is 0.280. The first-order chi connectivity index (χ1) is 16.9. The lowest BCUT2D eigenvalue weighted by Gasteiger charge is -2.28. The van der Waals surface area contributed by atoms with Crippen LogP contribution in [0, 0.1) is 11.2 Å². The number of hydrogen-bond acceptors (Lipinski definition) is 6. The Balaban J connectivity index is 1.42. The molecule has 1 aliphatic heterocycles. The second-order valence-corrected chi connectivity index (χ2v) is 9.91. The number of nitrogens with zero attached hydrogens (tertiary/aromatic N) is 2. The number of thiazole rings is 1. The number of hydrogen-bond donors (Lipinski definition) is 1. The van der Waals surface area contributed by atoms with E-state index in [1.165, 1.54) is 18.2 Å². The molecule has 36 heavy (non-hydrogen) atoms. The quantitative estimate of drug-likeness (QED) is 0.340. The summed E-state index contributed by atoms with van der Waals surface area (Å²) >= 11 is 0.613. The standard InChI is InChI=1S/C25H21F4N3O3S/c1-24(2,19-12-35-22(32-19)14-6-8-17(26)9-7-14)13-31-21(34)15-4-3-5-16(10-15)23-30-11-18(36-23)20(33)25(27,28)29/h3-11,19H,12-13H2,1-2H3,(H,31,34). The van der Waals surface area contributed by atoms with Gasteiger partial charge in [0.05, 0.1) is 6.04 Å². The minimum Gasteiger partial charge on any atom is -0.475 e. The number of ketones is 1. The maximum Gasteiger partial charge on any atom is 0.455 e. The summed E-state index contributed by atoms with van der Waals surface area (Å²) in [6, 6.07) is 11.9. The van der Waals surface area contributed by atoms with Gasteiger partial charge in [-0.15, -0.1) is 11.3 Å². The number of alkyl halides is 3. The molecular weight excluding hydrogens is 498 g/mol. The van der Waals surface area contributed by atoms with Crippen LogP contribution in [0.25, 0.3) is 10.6 Å². The largest absolute Gasteiger partial charge is 0.475 e. The molecule has 0 bridgehead atoms. The SMILES string of the molecule is CC(C)(CNC(=O)c1cccc(-c2ncc(C(=O)C(F)(F)F)s2)c1)C1COC(c2ccc(F)cc2)=N1. The summed E-state index contributed by atoms with van der Waals surface area (Å²) in [5.74, 6) is -2.27. The summed E-state index contributed by atoms with van der Waals surface area (Å²) in [4.78, 5) is 32.3. The Morgan fingerprint density at radius 3 is 2.53 bits per heavy atom. The highest BCUT2D eigenvalue weighted by atomic mass is 32.1. The monoisotopic (exact) mass is 519 g/mol. The van der Waals surface area contributed by atoms with Gasteiger partial charge in [-0.05, 0) is 36.4 Å². The summed E-state index contributed by atoms with van der Waals surface area (Å²) in [5, 5.41) is 3.06. The Kier molecular flexibility index (Phi) is 6.94. The van der Waals surface area contributed by atoms with Crippen molar-refractivity contribution in [3.8, 4) is 10.6 Å². The predicted octanol–water partition coefficient (Wildman–Crippen LogP) is 5.30. The van der Waals surface area contributed by atoms with Crippen LogP contribution in [0.5, 0.6) is 0 Å². The van der Waals surface area contributed by atoms with Crippen LogP contribution < -0.4 is 5.32 Å². The first kappa shape index (κ1) is 25.5. The van der Waals surface area contributed by atoms with E-state index in [1.54, 1.807) is 30.3 Å². The normalized spacial score (nSPS) is 15.8. The number of ether oxygens (including phenoxy) is 1. The number of carbonyl (C=O) groups excluding carboxylic acids is 2. The van der Waals surface area contributed by atoms with Gasteiger partial charge in [-0.2, -0.15) is 13.2 Å². The average Bonchev–Trinajstić information content (AvgIpc) is 3.53. The van der Waals surface area contributed by atoms with E-state index in [0.717, 1.165) is 6.20 Å². The lowest BCUT2D eigenvalue weighted by Crippen LogP contribution is -2.41. The molecule has 6 nitrogen and oxygen atoms in total. The van der Waals surface area contributed by atoms with Crippen molar-refractivity contribution >= 4 is 28.9 Å². The van der Waals surface area contributed by atoms with Gasteiger partial charge in [0.2, 0.25) is 5.90 Å². The molecule has 1 N–H and O–H groups in total. The van der Waals surface area contributed by atoms with E-state index in [2.05, 4.69) is 15.3 Å². The minimum absolute atomic E-state index is 0.198. The second-order valence-electron chi connectivity index (χ2n) is 8.88. The van der Waals surface area contributed by atoms with E-state index >= 15 is 0 Å². The zero-order chi connectivity index (χ0) is 26.1. The maximum absolute atomic E-state index is 13.2. The van der Waals surface area contributed by atoms with E-state index in [-0.39, 0.29) is 29.3 Å². The summed E-state index contributed by atoms with van der Waals surface area (Å²) < 4.78 is 56.9. The number of nitrogens with one attached hydrogen (secondary N) is 1. The molecule has 0 aliphatic carbocycles. The van der Waals surface area contributed by atoms with Gasteiger partial charge in [0, 0.05) is 34.8 Å². The van der Waals surface area contributed by atoms with Crippen LogP contribution in [0.2, 0.25) is 0 Å². The van der Waals surface area contributed by atoms with E-state index in [1.807, 2.05) is 13.8 Å². The molecule has 0 fully saturated rings. The smallest absolute Gasteiger partial charge is 0.455 e. The third-order valence-corrected chi connectivity index (χ3v) is 6.75. The van der Waals surface area contributed by atoms with Gasteiger partial charge in [0.1, 0.15) is 22.3 Å². The van der Waals surface area contributed by atoms with Crippen molar-refractivity contribution in [3.63, 3.8) is 0 Å². The molecule has 1 atom stereocenters. The van der Waals surface area contributed by atoms with Crippen molar-refractivity contribution in [2.75, 3.05) is 13.2 Å². The van der Waals surface area contributed by atoms with Crippen LogP contribution in [0.4, 0.5) is 17.6 Å². The molecular formula is C25H21F4N3O3S. The number of aliphatic imine (C=N–C) groups is 1. The average molecular weight is 520 g/mol. The van der Waals surface area contributed by atoms with Crippen LogP contribution >= 0.6 is 11.3 Å². The number of rotatable bonds is 7. The number of Topliss-reactive ketones (excluding diaryl/α,β-unsaturated/α-hetero) is 1. The number of aromatic nitrogens is 1. The molecule has 1 aliphatic rings. The van der Waals surface area contributed by atoms with Gasteiger partial charge in [-0.3, -0.25) is 9.59 Å². The molecule has 11 heteroatoms. The molecule has 3 aromatic rings. The third kappa shape index (κ3) is 5.62. The van der Waals surface area contributed by atoms with E-state index in [0.29, 0.717) is 40.5 Å². The van der Waals surface area contributed by atoms with Crippen LogP contribution in [0.3, 0.4) is 0 Å². The second kappa shape index (κ2) is 9.81. The molecule has 2 heterocycles. The van der Waals surface area contributed by atoms with Crippen molar-refractivity contribution < 1.29 is 31.9 Å². The molecule has 4 rings (SSSR count). The van der Waals surface area contributed by atoms with Crippen LogP contribution in [-0.4, -0.2) is 47.9 Å². The van der Waals surface area contributed by atoms with Gasteiger partial charge in [0.25, 0.3) is 11.7 Å². The number of amides is 1. The Morgan fingerprint density at radius 2 is 1.83 bits per heavy atom. The lowest BCUT2D eigenvalue weighted by atomic mass is 9.85. The first-order valence-electron chi connectivity index (χ1n) is 10.9. The molecule has 1 amide bonds. The maximum atomic E-state index is 13.2. The summed E-state index contributed by atoms with van der Waals surface area (Å²) in [6.07, 6.45) is -4.10. The summed E-state index contributed by atoms with van der Waals surface area (Å²) in [5.41, 5.74) is 0.904. The Bertz CT molecular complexity index is 1320. The fourth-order valence-corrected chi connectivity index (χ4v) is 4.37. The number of halogens is 4. The van der Waals surface area contributed by atoms with E-state index in [9.17, 15) is 27.2 Å². The topological polar surface area (TPSA) is 80.7 Å². The molecule has 188 valence electrons. The Morgan fingerprint density at radius 1 is 1.11 bits per heavy atom.